The summed E-state index contributed by atoms with van der Waals surface area (Å²) in [6.45, 7) is 12.7. The van der Waals surface area contributed by atoms with Crippen LogP contribution in [0.5, 0.6) is 0 Å². The van der Waals surface area contributed by atoms with Crippen molar-refractivity contribution in [3.8, 4) is 0 Å². The topological polar surface area (TPSA) is 56.7 Å². The molecule has 0 saturated carbocycles. The predicted molar refractivity (Wildman–Crippen MR) is 117 cm³/mol. The lowest BCUT2D eigenvalue weighted by Crippen LogP contribution is -2.49. The molecule has 0 bridgehead atoms. The van der Waals surface area contributed by atoms with E-state index < -0.39 is 10.8 Å². The SMILES string of the molecule is C=C(C)CN1CCC(NC(=NCCS(=O)Cc2ccccc2)NCC)CC1. The lowest BCUT2D eigenvalue weighted by molar-refractivity contribution is 0.221. The van der Waals surface area contributed by atoms with E-state index >= 15 is 0 Å². The van der Waals surface area contributed by atoms with Crippen LogP contribution in [0.25, 0.3) is 0 Å². The van der Waals surface area contributed by atoms with Crippen LogP contribution in [0.3, 0.4) is 0 Å². The molecule has 2 N–H and O–H groups in total. The third-order valence-corrected chi connectivity index (χ3v) is 5.82. The van der Waals surface area contributed by atoms with Crippen LogP contribution in [-0.2, 0) is 16.6 Å². The summed E-state index contributed by atoms with van der Waals surface area (Å²) in [4.78, 5) is 7.09. The maximum atomic E-state index is 12.3. The van der Waals surface area contributed by atoms with Crippen molar-refractivity contribution in [2.75, 3.05) is 38.5 Å². The van der Waals surface area contributed by atoms with Gasteiger partial charge in [0.1, 0.15) is 0 Å². The second-order valence-corrected chi connectivity index (χ2v) is 8.76. The summed E-state index contributed by atoms with van der Waals surface area (Å²) in [6.07, 6.45) is 2.22. The van der Waals surface area contributed by atoms with Crippen LogP contribution >= 0.6 is 0 Å². The average molecular weight is 391 g/mol. The van der Waals surface area contributed by atoms with Crippen LogP contribution in [0.1, 0.15) is 32.3 Å². The summed E-state index contributed by atoms with van der Waals surface area (Å²) < 4.78 is 12.3. The first-order valence-electron chi connectivity index (χ1n) is 9.87. The van der Waals surface area contributed by atoms with Gasteiger partial charge >= 0.3 is 0 Å². The molecule has 0 radical (unpaired) electrons. The van der Waals surface area contributed by atoms with Gasteiger partial charge in [-0.05, 0) is 32.3 Å². The Balaban J connectivity index is 1.75. The van der Waals surface area contributed by atoms with Gasteiger partial charge in [-0.15, -0.1) is 0 Å². The number of likely N-dealkylation sites (tertiary alicyclic amines) is 1. The van der Waals surface area contributed by atoms with Crippen molar-refractivity contribution in [1.82, 2.24) is 15.5 Å². The summed E-state index contributed by atoms with van der Waals surface area (Å²) in [5.41, 5.74) is 2.34. The Hall–Kier alpha value is -1.66. The number of benzene rings is 1. The van der Waals surface area contributed by atoms with Crippen molar-refractivity contribution >= 4 is 16.8 Å². The summed E-state index contributed by atoms with van der Waals surface area (Å²) in [6, 6.07) is 10.4. The van der Waals surface area contributed by atoms with Crippen molar-refractivity contribution in [1.29, 1.82) is 0 Å². The molecular weight excluding hydrogens is 356 g/mol. The number of hydrogen-bond acceptors (Lipinski definition) is 3. The third kappa shape index (κ3) is 8.71. The highest BCUT2D eigenvalue weighted by Gasteiger charge is 2.19. The van der Waals surface area contributed by atoms with E-state index in [4.69, 9.17) is 0 Å². The van der Waals surface area contributed by atoms with Gasteiger partial charge in [0.25, 0.3) is 0 Å². The number of nitrogens with one attached hydrogen (secondary N) is 2. The molecule has 1 atom stereocenters. The highest BCUT2D eigenvalue weighted by Crippen LogP contribution is 2.11. The Kier molecular flexibility index (Phi) is 9.56. The standard InChI is InChI=1S/C21H34N4OS/c1-4-22-21(24-20-10-13-25(14-11-20)16-18(2)3)23-12-15-27(26)17-19-8-6-5-7-9-19/h5-9,20H,2,4,10-17H2,1,3H3,(H2,22,23,24). The molecule has 1 aliphatic rings. The number of nitrogens with zero attached hydrogens (tertiary/aromatic N) is 2. The molecule has 27 heavy (non-hydrogen) atoms. The molecule has 1 aromatic rings. The predicted octanol–water partition coefficient (Wildman–Crippen LogP) is 2.53. The summed E-state index contributed by atoms with van der Waals surface area (Å²) in [5, 5.41) is 6.85. The Labute approximate surface area is 166 Å². The fourth-order valence-corrected chi connectivity index (χ4v) is 4.23. The Morgan fingerprint density at radius 2 is 2.00 bits per heavy atom. The van der Waals surface area contributed by atoms with Gasteiger partial charge in [-0.1, -0.05) is 42.5 Å². The van der Waals surface area contributed by atoms with Gasteiger partial charge in [0.15, 0.2) is 5.96 Å². The van der Waals surface area contributed by atoms with E-state index in [1.807, 2.05) is 30.3 Å². The molecule has 1 saturated heterocycles. The Bertz CT molecular complexity index is 624. The van der Waals surface area contributed by atoms with Gasteiger partial charge in [-0.2, -0.15) is 0 Å². The van der Waals surface area contributed by atoms with E-state index in [1.54, 1.807) is 0 Å². The van der Waals surface area contributed by atoms with Crippen molar-refractivity contribution in [3.63, 3.8) is 0 Å². The molecular formula is C21H34N4OS. The molecule has 5 nitrogen and oxygen atoms in total. The van der Waals surface area contributed by atoms with Gasteiger partial charge in [-0.25, -0.2) is 0 Å². The molecule has 0 aliphatic carbocycles. The number of rotatable bonds is 9. The lowest BCUT2D eigenvalue weighted by atomic mass is 10.0. The van der Waals surface area contributed by atoms with Crippen LogP contribution in [0.4, 0.5) is 0 Å². The first-order valence-corrected chi connectivity index (χ1v) is 11.4. The Morgan fingerprint density at radius 1 is 1.30 bits per heavy atom. The largest absolute Gasteiger partial charge is 0.357 e. The highest BCUT2D eigenvalue weighted by molar-refractivity contribution is 7.84. The number of piperidine rings is 1. The smallest absolute Gasteiger partial charge is 0.191 e. The molecule has 0 aromatic heterocycles. The number of hydrogen-bond donors (Lipinski definition) is 2. The van der Waals surface area contributed by atoms with Gasteiger partial charge in [0.2, 0.25) is 0 Å². The van der Waals surface area contributed by atoms with Crippen LogP contribution < -0.4 is 10.6 Å². The van der Waals surface area contributed by atoms with Gasteiger partial charge in [0, 0.05) is 54.5 Å². The molecule has 2 rings (SSSR count). The maximum Gasteiger partial charge on any atom is 0.191 e. The Morgan fingerprint density at radius 3 is 2.63 bits per heavy atom. The van der Waals surface area contributed by atoms with Crippen molar-refractivity contribution < 1.29 is 4.21 Å². The van der Waals surface area contributed by atoms with E-state index in [-0.39, 0.29) is 0 Å². The zero-order valence-corrected chi connectivity index (χ0v) is 17.6. The van der Waals surface area contributed by atoms with Crippen molar-refractivity contribution in [3.05, 3.63) is 48.0 Å². The van der Waals surface area contributed by atoms with Gasteiger partial charge < -0.3 is 10.6 Å². The summed E-state index contributed by atoms with van der Waals surface area (Å²) >= 11 is 0. The zero-order valence-electron chi connectivity index (χ0n) is 16.7. The van der Waals surface area contributed by atoms with Crippen molar-refractivity contribution in [2.45, 2.75) is 38.5 Å². The molecule has 1 aromatic carbocycles. The number of guanidine groups is 1. The molecule has 1 heterocycles. The minimum atomic E-state index is -0.886. The fraction of sp³-hybridized carbons (Fsp3) is 0.571. The molecule has 0 spiro atoms. The lowest BCUT2D eigenvalue weighted by Gasteiger charge is -2.33. The maximum absolute atomic E-state index is 12.3. The first-order chi connectivity index (χ1) is 13.1. The minimum Gasteiger partial charge on any atom is -0.357 e. The summed E-state index contributed by atoms with van der Waals surface area (Å²) in [5.74, 6) is 2.02. The van der Waals surface area contributed by atoms with Gasteiger partial charge in [-0.3, -0.25) is 14.1 Å². The van der Waals surface area contributed by atoms with Gasteiger partial charge in [0.05, 0.1) is 6.54 Å². The van der Waals surface area contributed by atoms with E-state index in [0.717, 1.165) is 50.5 Å². The first kappa shape index (κ1) is 21.6. The fourth-order valence-electron chi connectivity index (χ4n) is 3.22. The zero-order chi connectivity index (χ0) is 19.5. The number of aliphatic imine (C=N–C) groups is 1. The molecule has 1 aliphatic heterocycles. The highest BCUT2D eigenvalue weighted by atomic mass is 32.2. The summed E-state index contributed by atoms with van der Waals surface area (Å²) in [7, 11) is -0.886. The third-order valence-electron chi connectivity index (χ3n) is 4.53. The van der Waals surface area contributed by atoms with E-state index in [2.05, 4.69) is 41.0 Å². The van der Waals surface area contributed by atoms with E-state index in [9.17, 15) is 4.21 Å². The second kappa shape index (κ2) is 11.9. The van der Waals surface area contributed by atoms with Crippen molar-refractivity contribution in [2.24, 2.45) is 4.99 Å². The molecule has 1 unspecified atom stereocenters. The molecule has 150 valence electrons. The van der Waals surface area contributed by atoms with E-state index in [1.165, 1.54) is 5.57 Å². The molecule has 1 fully saturated rings. The quantitative estimate of drug-likeness (QED) is 0.386. The minimum absolute atomic E-state index is 0.444. The van der Waals surface area contributed by atoms with E-state index in [0.29, 0.717) is 24.1 Å². The van der Waals surface area contributed by atoms with Crippen LogP contribution in [0.2, 0.25) is 0 Å². The van der Waals surface area contributed by atoms with Crippen LogP contribution in [0, 0.1) is 0 Å². The monoisotopic (exact) mass is 390 g/mol. The normalized spacial score (nSPS) is 17.5. The average Bonchev–Trinajstić information content (AvgIpc) is 2.64. The molecule has 0 amide bonds. The molecule has 6 heteroatoms. The second-order valence-electron chi connectivity index (χ2n) is 7.19. The van der Waals surface area contributed by atoms with Crippen LogP contribution in [0.15, 0.2) is 47.5 Å². The van der Waals surface area contributed by atoms with Crippen LogP contribution in [-0.4, -0.2) is 59.6 Å².